The Morgan fingerprint density at radius 1 is 1.28 bits per heavy atom. The maximum Gasteiger partial charge on any atom is 0.273 e. The molecule has 0 aliphatic carbocycles. The molecule has 0 fully saturated rings. The number of carbonyl (C=O) groups excluding carboxylic acids is 2. The lowest BCUT2D eigenvalue weighted by molar-refractivity contribution is -0.119. The lowest BCUT2D eigenvalue weighted by Crippen LogP contribution is -2.19. The first kappa shape index (κ1) is 16.2. The van der Waals surface area contributed by atoms with Crippen LogP contribution in [0.4, 0.5) is 16.0 Å². The first-order valence-electron chi connectivity index (χ1n) is 7.15. The summed E-state index contributed by atoms with van der Waals surface area (Å²) in [6.07, 6.45) is 1.34. The molecule has 0 radical (unpaired) electrons. The lowest BCUT2D eigenvalue weighted by atomic mass is 10.1. The lowest BCUT2D eigenvalue weighted by Gasteiger charge is -2.06. The Morgan fingerprint density at radius 3 is 2.72 bits per heavy atom. The molecule has 0 atom stereocenters. The topological polar surface area (TPSA) is 144 Å². The second kappa shape index (κ2) is 6.86. The van der Waals surface area contributed by atoms with Gasteiger partial charge in [0, 0.05) is 17.7 Å². The van der Waals surface area contributed by atoms with E-state index in [0.29, 0.717) is 11.3 Å². The van der Waals surface area contributed by atoms with E-state index in [4.69, 9.17) is 5.73 Å². The molecule has 1 amide bonds. The number of halogens is 1. The summed E-state index contributed by atoms with van der Waals surface area (Å²) in [5, 5.41) is 19.4. The van der Waals surface area contributed by atoms with Gasteiger partial charge in [0.25, 0.3) is 5.91 Å². The highest BCUT2D eigenvalue weighted by Crippen LogP contribution is 2.13. The molecule has 0 aliphatic heterocycles. The quantitative estimate of drug-likeness (QED) is 0.578. The molecule has 0 bridgehead atoms. The highest BCUT2D eigenvalue weighted by Gasteiger charge is 2.18. The SMILES string of the molecule is Nc1nnnn1CC(=O)Cc1cn[nH]c1C(=O)Nc1ccc(F)cc1. The highest BCUT2D eigenvalue weighted by atomic mass is 19.1. The monoisotopic (exact) mass is 344 g/mol. The minimum absolute atomic E-state index is 0.0230. The molecule has 3 aromatic rings. The van der Waals surface area contributed by atoms with E-state index in [0.717, 1.165) is 4.68 Å². The van der Waals surface area contributed by atoms with E-state index in [-0.39, 0.29) is 30.4 Å². The van der Waals surface area contributed by atoms with Gasteiger partial charge in [0.2, 0.25) is 5.95 Å². The predicted molar refractivity (Wildman–Crippen MR) is 83.9 cm³/mol. The summed E-state index contributed by atoms with van der Waals surface area (Å²) in [5.41, 5.74) is 6.47. The van der Waals surface area contributed by atoms with Crippen molar-refractivity contribution in [1.29, 1.82) is 0 Å². The normalized spacial score (nSPS) is 10.6. The van der Waals surface area contributed by atoms with E-state index in [1.165, 1.54) is 30.5 Å². The zero-order chi connectivity index (χ0) is 17.8. The molecule has 2 heterocycles. The molecule has 11 heteroatoms. The fourth-order valence-corrected chi connectivity index (χ4v) is 2.13. The van der Waals surface area contributed by atoms with Crippen LogP contribution >= 0.6 is 0 Å². The number of Topliss-reactive ketones (excluding diaryl/α,β-unsaturated/α-hetero) is 1. The summed E-state index contributed by atoms with van der Waals surface area (Å²) in [6.45, 7) is -0.122. The van der Waals surface area contributed by atoms with Crippen molar-refractivity contribution in [2.75, 3.05) is 11.1 Å². The van der Waals surface area contributed by atoms with Crippen molar-refractivity contribution in [2.45, 2.75) is 13.0 Å². The summed E-state index contributed by atoms with van der Waals surface area (Å²) >= 11 is 0. The minimum Gasteiger partial charge on any atom is -0.367 e. The van der Waals surface area contributed by atoms with Gasteiger partial charge in [-0.25, -0.2) is 9.07 Å². The molecular weight excluding hydrogens is 331 g/mol. The van der Waals surface area contributed by atoms with Crippen molar-refractivity contribution in [3.63, 3.8) is 0 Å². The maximum atomic E-state index is 12.9. The molecule has 0 saturated heterocycles. The number of hydrogen-bond acceptors (Lipinski definition) is 7. The standard InChI is InChI=1S/C14H13FN8O2/c15-9-1-3-10(4-2-9)18-13(25)12-8(6-17-19-12)5-11(24)7-23-14(16)20-21-22-23/h1-4,6H,5,7H2,(H,17,19)(H,18,25)(H2,16,20,22). The Labute approximate surface area is 140 Å². The number of nitrogen functional groups attached to an aromatic ring is 1. The van der Waals surface area contributed by atoms with Gasteiger partial charge in [-0.2, -0.15) is 5.10 Å². The number of aromatic amines is 1. The van der Waals surface area contributed by atoms with Gasteiger partial charge in [0.1, 0.15) is 18.1 Å². The molecule has 0 unspecified atom stereocenters. The highest BCUT2D eigenvalue weighted by molar-refractivity contribution is 6.04. The Bertz CT molecular complexity index is 902. The molecule has 128 valence electrons. The first-order valence-corrected chi connectivity index (χ1v) is 7.15. The molecule has 10 nitrogen and oxygen atoms in total. The number of H-pyrrole nitrogens is 1. The van der Waals surface area contributed by atoms with Crippen molar-refractivity contribution >= 4 is 23.3 Å². The number of tetrazole rings is 1. The Morgan fingerprint density at radius 2 is 2.04 bits per heavy atom. The molecule has 1 aromatic carbocycles. The number of aromatic nitrogens is 6. The molecule has 2 aromatic heterocycles. The van der Waals surface area contributed by atoms with Gasteiger partial charge in [0.05, 0.1) is 6.20 Å². The zero-order valence-corrected chi connectivity index (χ0v) is 12.8. The zero-order valence-electron chi connectivity index (χ0n) is 12.8. The van der Waals surface area contributed by atoms with Crippen molar-refractivity contribution < 1.29 is 14.0 Å². The van der Waals surface area contributed by atoms with E-state index in [2.05, 4.69) is 31.0 Å². The fraction of sp³-hybridized carbons (Fsp3) is 0.143. The van der Waals surface area contributed by atoms with Crippen LogP contribution in [-0.2, 0) is 17.8 Å². The second-order valence-corrected chi connectivity index (χ2v) is 5.14. The van der Waals surface area contributed by atoms with Gasteiger partial charge in [-0.1, -0.05) is 5.10 Å². The number of rotatable bonds is 6. The van der Waals surface area contributed by atoms with Crippen LogP contribution < -0.4 is 11.1 Å². The van der Waals surface area contributed by atoms with Crippen LogP contribution in [0.5, 0.6) is 0 Å². The van der Waals surface area contributed by atoms with Gasteiger partial charge < -0.3 is 11.1 Å². The molecule has 0 aliphatic rings. The summed E-state index contributed by atoms with van der Waals surface area (Å²) < 4.78 is 14.1. The van der Waals surface area contributed by atoms with E-state index in [1.807, 2.05) is 0 Å². The number of benzene rings is 1. The summed E-state index contributed by atoms with van der Waals surface area (Å²) in [7, 11) is 0. The average Bonchev–Trinajstić information content (AvgIpc) is 3.19. The van der Waals surface area contributed by atoms with E-state index >= 15 is 0 Å². The van der Waals surface area contributed by atoms with Gasteiger partial charge in [-0.05, 0) is 34.7 Å². The molecule has 25 heavy (non-hydrogen) atoms. The van der Waals surface area contributed by atoms with Crippen LogP contribution in [0.25, 0.3) is 0 Å². The number of nitrogens with zero attached hydrogens (tertiary/aromatic N) is 5. The van der Waals surface area contributed by atoms with E-state index in [9.17, 15) is 14.0 Å². The number of nitrogens with two attached hydrogens (primary N) is 1. The maximum absolute atomic E-state index is 12.9. The van der Waals surface area contributed by atoms with Gasteiger partial charge >= 0.3 is 0 Å². The van der Waals surface area contributed by atoms with Crippen molar-refractivity contribution in [1.82, 2.24) is 30.4 Å². The number of hydrogen-bond donors (Lipinski definition) is 3. The number of carbonyl (C=O) groups is 2. The largest absolute Gasteiger partial charge is 0.367 e. The Balaban J connectivity index is 1.67. The summed E-state index contributed by atoms with van der Waals surface area (Å²) in [6, 6.07) is 5.30. The first-order chi connectivity index (χ1) is 12.0. The Kier molecular flexibility index (Phi) is 4.46. The van der Waals surface area contributed by atoms with Crippen LogP contribution in [0.3, 0.4) is 0 Å². The van der Waals surface area contributed by atoms with Crippen molar-refractivity contribution in [2.24, 2.45) is 0 Å². The van der Waals surface area contributed by atoms with Crippen LogP contribution in [0.2, 0.25) is 0 Å². The predicted octanol–water partition coefficient (Wildman–Crippen LogP) is 0.182. The molecule has 0 saturated carbocycles. The van der Waals surface area contributed by atoms with Crippen LogP contribution in [0, 0.1) is 5.82 Å². The molecule has 3 rings (SSSR count). The molecular formula is C14H13FN8O2. The number of ketones is 1. The fourth-order valence-electron chi connectivity index (χ4n) is 2.13. The number of amides is 1. The van der Waals surface area contributed by atoms with Crippen LogP contribution in [0.15, 0.2) is 30.5 Å². The Hall–Kier alpha value is -3.63. The van der Waals surface area contributed by atoms with Crippen LogP contribution in [0.1, 0.15) is 16.1 Å². The third-order valence-electron chi connectivity index (χ3n) is 3.32. The van der Waals surface area contributed by atoms with Crippen LogP contribution in [-0.4, -0.2) is 42.1 Å². The van der Waals surface area contributed by atoms with Crippen molar-refractivity contribution in [3.8, 4) is 0 Å². The van der Waals surface area contributed by atoms with Gasteiger partial charge in [-0.3, -0.25) is 14.7 Å². The smallest absolute Gasteiger partial charge is 0.273 e. The summed E-state index contributed by atoms with van der Waals surface area (Å²) in [4.78, 5) is 24.4. The van der Waals surface area contributed by atoms with Crippen molar-refractivity contribution in [3.05, 3.63) is 47.5 Å². The average molecular weight is 344 g/mol. The minimum atomic E-state index is -0.492. The van der Waals surface area contributed by atoms with E-state index in [1.54, 1.807) is 0 Å². The second-order valence-electron chi connectivity index (χ2n) is 5.14. The molecule has 0 spiro atoms. The van der Waals surface area contributed by atoms with Gasteiger partial charge in [-0.15, -0.1) is 0 Å². The number of nitrogens with one attached hydrogen (secondary N) is 2. The van der Waals surface area contributed by atoms with E-state index < -0.39 is 11.7 Å². The van der Waals surface area contributed by atoms with Gasteiger partial charge in [0.15, 0.2) is 5.78 Å². The summed E-state index contributed by atoms with van der Waals surface area (Å²) in [5.74, 6) is -1.13. The third-order valence-corrected chi connectivity index (χ3v) is 3.32. The third kappa shape index (κ3) is 3.83. The number of anilines is 2. The molecule has 4 N–H and O–H groups in total.